The topological polar surface area (TPSA) is 79.6 Å². The molecule has 0 aliphatic heterocycles. The number of likely N-dealkylation sites (N-methyl/N-ethyl adjacent to an activating group) is 1. The molecule has 0 amide bonds. The van der Waals surface area contributed by atoms with Gasteiger partial charge in [0.25, 0.3) is 0 Å². The van der Waals surface area contributed by atoms with Gasteiger partial charge in [-0.15, -0.1) is 0 Å². The lowest BCUT2D eigenvalue weighted by molar-refractivity contribution is 0.101. The number of carbonyl (C=O) groups excluding carboxylic acids is 1. The molecule has 0 saturated heterocycles. The fourth-order valence-corrected chi connectivity index (χ4v) is 3.26. The number of sulfonamides is 1. The van der Waals surface area contributed by atoms with Gasteiger partial charge in [-0.1, -0.05) is 12.1 Å². The first-order valence-electron chi connectivity index (χ1n) is 7.12. The Morgan fingerprint density at radius 3 is 2.57 bits per heavy atom. The van der Waals surface area contributed by atoms with E-state index in [9.17, 15) is 13.2 Å². The fraction of sp³-hybridized carbons (Fsp3) is 0.312. The highest BCUT2D eigenvalue weighted by molar-refractivity contribution is 7.89. The van der Waals surface area contributed by atoms with Crippen LogP contribution in [0.2, 0.25) is 0 Å². The normalized spacial score (nSPS) is 13.2. The Morgan fingerprint density at radius 2 is 2.00 bits per heavy atom. The van der Waals surface area contributed by atoms with Gasteiger partial charge in [0.1, 0.15) is 5.76 Å². The summed E-state index contributed by atoms with van der Waals surface area (Å²) in [4.78, 5) is 13.3. The third-order valence-corrected chi connectivity index (χ3v) is 4.93. The highest BCUT2D eigenvalue weighted by Crippen LogP contribution is 2.19. The van der Waals surface area contributed by atoms with E-state index in [4.69, 9.17) is 4.42 Å². The maximum absolute atomic E-state index is 12.4. The van der Waals surface area contributed by atoms with Crippen molar-refractivity contribution in [1.29, 1.82) is 0 Å². The van der Waals surface area contributed by atoms with E-state index in [2.05, 4.69) is 4.72 Å². The highest BCUT2D eigenvalue weighted by atomic mass is 32.2. The molecule has 0 unspecified atom stereocenters. The number of hydrogen-bond donors (Lipinski definition) is 1. The van der Waals surface area contributed by atoms with Crippen molar-refractivity contribution < 1.29 is 17.6 Å². The number of benzene rings is 1. The van der Waals surface area contributed by atoms with Crippen LogP contribution < -0.4 is 4.72 Å². The molecule has 0 saturated carbocycles. The summed E-state index contributed by atoms with van der Waals surface area (Å²) in [6.07, 6.45) is 1.55. The van der Waals surface area contributed by atoms with Gasteiger partial charge in [-0.2, -0.15) is 0 Å². The Hall–Kier alpha value is -1.96. The van der Waals surface area contributed by atoms with Gasteiger partial charge < -0.3 is 4.42 Å². The van der Waals surface area contributed by atoms with Gasteiger partial charge in [0.2, 0.25) is 10.0 Å². The monoisotopic (exact) mass is 336 g/mol. The predicted octanol–water partition coefficient (Wildman–Crippen LogP) is 2.06. The minimum atomic E-state index is -3.71. The van der Waals surface area contributed by atoms with Crippen molar-refractivity contribution in [3.63, 3.8) is 0 Å². The van der Waals surface area contributed by atoms with Crippen LogP contribution in [0.4, 0.5) is 0 Å². The minimum Gasteiger partial charge on any atom is -0.468 e. The number of rotatable bonds is 7. The first kappa shape index (κ1) is 17.4. The maximum atomic E-state index is 12.4. The van der Waals surface area contributed by atoms with Crippen LogP contribution in [0.3, 0.4) is 0 Å². The summed E-state index contributed by atoms with van der Waals surface area (Å²) in [5.41, 5.74) is 0.364. The Kier molecular flexibility index (Phi) is 5.35. The molecule has 0 spiro atoms. The van der Waals surface area contributed by atoms with E-state index in [1.807, 2.05) is 19.0 Å². The highest BCUT2D eigenvalue weighted by Gasteiger charge is 2.21. The average Bonchev–Trinajstić information content (AvgIpc) is 3.01. The van der Waals surface area contributed by atoms with Gasteiger partial charge in [-0.25, -0.2) is 13.1 Å². The van der Waals surface area contributed by atoms with Gasteiger partial charge in [-0.05, 0) is 45.3 Å². The van der Waals surface area contributed by atoms with Crippen molar-refractivity contribution in [3.05, 3.63) is 54.0 Å². The third kappa shape index (κ3) is 4.28. The van der Waals surface area contributed by atoms with Gasteiger partial charge in [-0.3, -0.25) is 9.69 Å². The zero-order valence-corrected chi connectivity index (χ0v) is 14.1. The summed E-state index contributed by atoms with van der Waals surface area (Å²) in [6, 6.07) is 9.32. The molecule has 0 radical (unpaired) electrons. The zero-order valence-electron chi connectivity index (χ0n) is 13.3. The summed E-state index contributed by atoms with van der Waals surface area (Å²) in [5, 5.41) is 0. The molecule has 7 heteroatoms. The largest absolute Gasteiger partial charge is 0.468 e. The minimum absolute atomic E-state index is 0.0714. The molecule has 0 aliphatic rings. The fourth-order valence-electron chi connectivity index (χ4n) is 2.17. The molecule has 1 heterocycles. The van der Waals surface area contributed by atoms with Crippen LogP contribution in [0.25, 0.3) is 0 Å². The Labute approximate surface area is 136 Å². The van der Waals surface area contributed by atoms with E-state index in [1.54, 1.807) is 30.5 Å². The van der Waals surface area contributed by atoms with Crippen LogP contribution in [-0.4, -0.2) is 39.7 Å². The number of nitrogens with zero attached hydrogens (tertiary/aromatic N) is 1. The second-order valence-corrected chi connectivity index (χ2v) is 7.20. The van der Waals surface area contributed by atoms with Crippen molar-refractivity contribution in [3.8, 4) is 0 Å². The van der Waals surface area contributed by atoms with Gasteiger partial charge in [0.15, 0.2) is 5.78 Å². The van der Waals surface area contributed by atoms with Gasteiger partial charge >= 0.3 is 0 Å². The van der Waals surface area contributed by atoms with Crippen molar-refractivity contribution in [2.75, 3.05) is 20.6 Å². The van der Waals surface area contributed by atoms with E-state index in [0.717, 1.165) is 0 Å². The molecule has 1 atom stereocenters. The first-order valence-corrected chi connectivity index (χ1v) is 8.60. The summed E-state index contributed by atoms with van der Waals surface area (Å²) in [6.45, 7) is 1.56. The van der Waals surface area contributed by atoms with Gasteiger partial charge in [0.05, 0.1) is 17.2 Å². The predicted molar refractivity (Wildman–Crippen MR) is 86.8 cm³/mol. The molecule has 0 fully saturated rings. The van der Waals surface area contributed by atoms with Gasteiger partial charge in [0, 0.05) is 12.1 Å². The molecule has 124 valence electrons. The summed E-state index contributed by atoms with van der Waals surface area (Å²) in [7, 11) is -0.0163. The number of Topliss-reactive ketones (excluding diaryl/α,β-unsaturated/α-hetero) is 1. The van der Waals surface area contributed by atoms with E-state index in [0.29, 0.717) is 11.3 Å². The molecule has 2 aromatic rings. The summed E-state index contributed by atoms with van der Waals surface area (Å²) >= 11 is 0. The van der Waals surface area contributed by atoms with Crippen molar-refractivity contribution >= 4 is 15.8 Å². The summed E-state index contributed by atoms with van der Waals surface area (Å²) < 4.78 is 32.8. The van der Waals surface area contributed by atoms with Crippen molar-refractivity contribution in [1.82, 2.24) is 9.62 Å². The molecule has 1 aromatic heterocycles. The standard InChI is InChI=1S/C16H20N2O4S/c1-12(19)13-6-4-7-14(10-13)23(20,21)17-11-15(18(2)3)16-8-5-9-22-16/h4-10,15,17H,11H2,1-3H3/t15-/m0/s1. The van der Waals surface area contributed by atoms with Crippen molar-refractivity contribution in [2.24, 2.45) is 0 Å². The number of ketones is 1. The second kappa shape index (κ2) is 7.08. The molecule has 0 aliphatic carbocycles. The average molecular weight is 336 g/mol. The number of carbonyl (C=O) groups is 1. The second-order valence-electron chi connectivity index (χ2n) is 5.43. The van der Waals surface area contributed by atoms with Crippen LogP contribution in [0.15, 0.2) is 52.0 Å². The zero-order chi connectivity index (χ0) is 17.0. The van der Waals surface area contributed by atoms with E-state index >= 15 is 0 Å². The lowest BCUT2D eigenvalue weighted by atomic mass is 10.2. The molecule has 6 nitrogen and oxygen atoms in total. The molecule has 1 aromatic carbocycles. The molecule has 1 N–H and O–H groups in total. The lowest BCUT2D eigenvalue weighted by Gasteiger charge is -2.22. The Morgan fingerprint density at radius 1 is 1.26 bits per heavy atom. The molecular formula is C16H20N2O4S. The Balaban J connectivity index is 2.18. The molecular weight excluding hydrogens is 316 g/mol. The van der Waals surface area contributed by atoms with Crippen LogP contribution in [-0.2, 0) is 10.0 Å². The van der Waals surface area contributed by atoms with Crippen molar-refractivity contribution in [2.45, 2.75) is 17.9 Å². The first-order chi connectivity index (χ1) is 10.8. The molecule has 0 bridgehead atoms. The quantitative estimate of drug-likeness (QED) is 0.783. The van der Waals surface area contributed by atoms with Crippen LogP contribution in [0, 0.1) is 0 Å². The molecule has 23 heavy (non-hydrogen) atoms. The maximum Gasteiger partial charge on any atom is 0.240 e. The number of nitrogens with one attached hydrogen (secondary N) is 1. The SMILES string of the molecule is CC(=O)c1cccc(S(=O)(=O)NC[C@@H](c2ccco2)N(C)C)c1. The van der Waals surface area contributed by atoms with E-state index in [-0.39, 0.29) is 23.3 Å². The number of furan rings is 1. The van der Waals surface area contributed by atoms with E-state index in [1.165, 1.54) is 19.1 Å². The van der Waals surface area contributed by atoms with E-state index < -0.39 is 10.0 Å². The smallest absolute Gasteiger partial charge is 0.240 e. The van der Waals surface area contributed by atoms with Crippen LogP contribution >= 0.6 is 0 Å². The van der Waals surface area contributed by atoms with Crippen LogP contribution in [0.5, 0.6) is 0 Å². The number of hydrogen-bond acceptors (Lipinski definition) is 5. The third-order valence-electron chi connectivity index (χ3n) is 3.51. The lowest BCUT2D eigenvalue weighted by Crippen LogP contribution is -2.34. The summed E-state index contributed by atoms with van der Waals surface area (Å²) in [5.74, 6) is 0.499. The Bertz CT molecular complexity index is 767. The van der Waals surface area contributed by atoms with Crippen LogP contribution in [0.1, 0.15) is 29.1 Å². The molecule has 2 rings (SSSR count).